The third-order valence-electron chi connectivity index (χ3n) is 8.95. The predicted octanol–water partition coefficient (Wildman–Crippen LogP) is -7.54. The molecule has 19 nitrogen and oxygen atoms in total. The highest BCUT2D eigenvalue weighted by molar-refractivity contribution is 5.02. The molecule has 0 aromatic carbocycles. The third-order valence-corrected chi connectivity index (χ3v) is 8.95. The molecule has 19 N–H and O–H groups in total. The van der Waals surface area contributed by atoms with Crippen molar-refractivity contribution in [3.8, 4) is 0 Å². The summed E-state index contributed by atoms with van der Waals surface area (Å²) in [6.07, 6.45) is -15.0. The fraction of sp³-hybridized carbons (Fsp3) is 1.00. The van der Waals surface area contributed by atoms with Gasteiger partial charge in [-0.2, -0.15) is 0 Å². The lowest BCUT2D eigenvalue weighted by molar-refractivity contribution is -0.290. The van der Waals surface area contributed by atoms with Crippen molar-refractivity contribution in [1.29, 1.82) is 0 Å². The van der Waals surface area contributed by atoms with Crippen molar-refractivity contribution in [2.45, 2.75) is 136 Å². The number of hydrogen-bond acceptors (Lipinski definition) is 19. The molecule has 264 valence electrons. The number of nitrogens with two attached hydrogens (primary N) is 6. The molecule has 0 radical (unpaired) electrons. The van der Waals surface area contributed by atoms with Crippen LogP contribution in [0, 0.1) is 0 Å². The van der Waals surface area contributed by atoms with Crippen LogP contribution in [0.2, 0.25) is 0 Å². The van der Waals surface area contributed by atoms with Gasteiger partial charge in [0.15, 0.2) is 18.9 Å². The minimum atomic E-state index is -1.58. The van der Waals surface area contributed by atoms with Gasteiger partial charge in [0.05, 0.1) is 30.9 Å². The summed E-state index contributed by atoms with van der Waals surface area (Å²) in [6, 6.07) is -3.30. The van der Waals surface area contributed by atoms with Crippen molar-refractivity contribution in [2.75, 3.05) is 26.2 Å². The van der Waals surface area contributed by atoms with E-state index in [9.17, 15) is 30.6 Å². The van der Waals surface area contributed by atoms with E-state index in [1.807, 2.05) is 0 Å². The van der Waals surface area contributed by atoms with E-state index in [2.05, 4.69) is 5.32 Å². The second kappa shape index (κ2) is 16.6. The van der Waals surface area contributed by atoms with Crippen LogP contribution in [0.15, 0.2) is 0 Å². The Kier molecular flexibility index (Phi) is 13.6. The van der Waals surface area contributed by atoms with Crippen molar-refractivity contribution in [1.82, 2.24) is 5.32 Å². The molecule has 0 aromatic rings. The Balaban J connectivity index is 1.53. The van der Waals surface area contributed by atoms with Crippen LogP contribution in [0.3, 0.4) is 0 Å². The maximum Gasteiger partial charge on any atom is 0.187 e. The zero-order chi connectivity index (χ0) is 33.0. The minimum Gasteiger partial charge on any atom is -0.394 e. The molecule has 0 bridgehead atoms. The van der Waals surface area contributed by atoms with Crippen LogP contribution < -0.4 is 39.7 Å². The lowest BCUT2D eigenvalue weighted by Gasteiger charge is -2.47. The molecule has 4 fully saturated rings. The van der Waals surface area contributed by atoms with Crippen LogP contribution in [0.1, 0.15) is 25.7 Å². The summed E-state index contributed by atoms with van der Waals surface area (Å²) in [6.45, 7) is -0.335. The third kappa shape index (κ3) is 8.46. The van der Waals surface area contributed by atoms with Gasteiger partial charge in [-0.25, -0.2) is 0 Å². The molecule has 0 amide bonds. The van der Waals surface area contributed by atoms with Gasteiger partial charge in [0, 0.05) is 25.2 Å². The summed E-state index contributed by atoms with van der Waals surface area (Å²) in [7, 11) is 0. The zero-order valence-corrected chi connectivity index (χ0v) is 25.1. The van der Waals surface area contributed by atoms with Crippen LogP contribution in [0.4, 0.5) is 0 Å². The SMILES string of the molecule is NCCC(O)N[C@@H]1C[C@H](N)[C@@H](O[C@H]2O[C@H](CN)CC[C@H]2N)[C@H](O[C@@H]2O[C@H](CO)[C@@H](O[C@H]3O[C@@H](CN)[C@@H](O)[C@H](O)[C@H]3N)[C@H]2O)[C@H]1O. The second-order valence-corrected chi connectivity index (χ2v) is 12.2. The topological polar surface area (TPSA) is 345 Å². The molecule has 3 saturated heterocycles. The fourth-order valence-corrected chi connectivity index (χ4v) is 6.27. The molecular weight excluding hydrogens is 602 g/mol. The first kappa shape index (κ1) is 37.1. The van der Waals surface area contributed by atoms with Crippen molar-refractivity contribution in [3.05, 3.63) is 0 Å². The van der Waals surface area contributed by atoms with E-state index in [0.717, 1.165) is 0 Å². The lowest BCUT2D eigenvalue weighted by Crippen LogP contribution is -2.67. The molecule has 4 rings (SSSR count). The molecule has 19 heteroatoms. The van der Waals surface area contributed by atoms with Gasteiger partial charge in [-0.05, 0) is 32.2 Å². The summed E-state index contributed by atoms with van der Waals surface area (Å²) >= 11 is 0. The van der Waals surface area contributed by atoms with Crippen LogP contribution >= 0.6 is 0 Å². The van der Waals surface area contributed by atoms with Gasteiger partial charge < -0.3 is 93.5 Å². The Bertz CT molecular complexity index is 903. The van der Waals surface area contributed by atoms with Crippen molar-refractivity contribution in [2.24, 2.45) is 34.4 Å². The Morgan fingerprint density at radius 3 is 2.02 bits per heavy atom. The van der Waals surface area contributed by atoms with E-state index in [4.69, 9.17) is 62.8 Å². The number of aliphatic hydroxyl groups excluding tert-OH is 6. The van der Waals surface area contributed by atoms with E-state index in [0.29, 0.717) is 12.8 Å². The molecule has 3 heterocycles. The molecule has 1 saturated carbocycles. The monoisotopic (exact) mass is 655 g/mol. The number of ether oxygens (including phenoxy) is 6. The van der Waals surface area contributed by atoms with Gasteiger partial charge in [-0.15, -0.1) is 0 Å². The predicted molar refractivity (Wildman–Crippen MR) is 154 cm³/mol. The standard InChI is InChI=1S/C26H53N7O12/c27-4-3-15(35)33-12-5-11(31)21(43-24-10(30)2-1-9(6-28)40-24)23(17(12)36)45-26-20(39)22(14(8-34)42-26)44-25-16(32)19(38)18(37)13(7-29)41-25/h9-26,33-39H,1-8,27-32H2/t9-,10+,11-,12+,13-,14+,15?,16+,17-,18+,19+,20+,21+,22+,23+,24+,25+,26-/m0/s1. The summed E-state index contributed by atoms with van der Waals surface area (Å²) in [5.41, 5.74) is 35.9. The van der Waals surface area contributed by atoms with Gasteiger partial charge >= 0.3 is 0 Å². The summed E-state index contributed by atoms with van der Waals surface area (Å²) in [4.78, 5) is 0. The highest BCUT2D eigenvalue weighted by Gasteiger charge is 2.54. The largest absolute Gasteiger partial charge is 0.394 e. The summed E-state index contributed by atoms with van der Waals surface area (Å²) in [5.74, 6) is 0. The van der Waals surface area contributed by atoms with E-state index in [-0.39, 0.29) is 38.6 Å². The summed E-state index contributed by atoms with van der Waals surface area (Å²) < 4.78 is 35.6. The average molecular weight is 656 g/mol. The molecular formula is C26H53N7O12. The smallest absolute Gasteiger partial charge is 0.187 e. The number of hydrogen-bond donors (Lipinski definition) is 13. The molecule has 0 spiro atoms. The number of aliphatic hydroxyl groups is 6. The normalized spacial score (nSPS) is 48.4. The van der Waals surface area contributed by atoms with Crippen LogP contribution in [0.25, 0.3) is 0 Å². The average Bonchev–Trinajstić information content (AvgIpc) is 3.31. The van der Waals surface area contributed by atoms with Crippen LogP contribution in [-0.2, 0) is 28.4 Å². The maximum atomic E-state index is 11.5. The minimum absolute atomic E-state index is 0.152. The van der Waals surface area contributed by atoms with E-state index >= 15 is 0 Å². The highest BCUT2D eigenvalue weighted by atomic mass is 16.8. The van der Waals surface area contributed by atoms with Gasteiger partial charge in [-0.3, -0.25) is 5.32 Å². The van der Waals surface area contributed by atoms with Gasteiger partial charge in [0.1, 0.15) is 55.1 Å². The molecule has 45 heavy (non-hydrogen) atoms. The van der Waals surface area contributed by atoms with Crippen molar-refractivity contribution in [3.63, 3.8) is 0 Å². The molecule has 3 aliphatic heterocycles. The molecule has 18 atom stereocenters. The second-order valence-electron chi connectivity index (χ2n) is 12.2. The molecule has 1 aliphatic carbocycles. The first-order valence-electron chi connectivity index (χ1n) is 15.5. The van der Waals surface area contributed by atoms with E-state index in [1.54, 1.807) is 0 Å². The quantitative estimate of drug-likeness (QED) is 0.0819. The first-order valence-corrected chi connectivity index (χ1v) is 15.5. The Hall–Kier alpha value is -0.760. The van der Waals surface area contributed by atoms with E-state index < -0.39 is 111 Å². The Morgan fingerprint density at radius 2 is 1.38 bits per heavy atom. The Labute approximate surface area is 261 Å². The van der Waals surface area contributed by atoms with Crippen LogP contribution in [-0.4, -0.2) is 167 Å². The van der Waals surface area contributed by atoms with Crippen LogP contribution in [0.5, 0.6) is 0 Å². The van der Waals surface area contributed by atoms with Gasteiger partial charge in [-0.1, -0.05) is 0 Å². The fourth-order valence-electron chi connectivity index (χ4n) is 6.27. The van der Waals surface area contributed by atoms with Gasteiger partial charge in [0.25, 0.3) is 0 Å². The van der Waals surface area contributed by atoms with E-state index in [1.165, 1.54) is 0 Å². The first-order chi connectivity index (χ1) is 21.4. The lowest BCUT2D eigenvalue weighted by atomic mass is 9.83. The Morgan fingerprint density at radius 1 is 0.711 bits per heavy atom. The van der Waals surface area contributed by atoms with Gasteiger partial charge in [0.2, 0.25) is 0 Å². The molecule has 4 aliphatic rings. The number of nitrogens with one attached hydrogen (secondary N) is 1. The molecule has 1 unspecified atom stereocenters. The summed E-state index contributed by atoms with van der Waals surface area (Å²) in [5, 5.41) is 66.6. The maximum absolute atomic E-state index is 11.5. The van der Waals surface area contributed by atoms with Crippen molar-refractivity contribution >= 4 is 0 Å². The van der Waals surface area contributed by atoms with Crippen molar-refractivity contribution < 1.29 is 59.1 Å². The zero-order valence-electron chi connectivity index (χ0n) is 25.1. The number of rotatable bonds is 13. The highest BCUT2D eigenvalue weighted by Crippen LogP contribution is 2.34. The molecule has 0 aromatic heterocycles.